The van der Waals surface area contributed by atoms with E-state index >= 15 is 0 Å². The van der Waals surface area contributed by atoms with Crippen LogP contribution in [0.2, 0.25) is 0 Å². The van der Waals surface area contributed by atoms with Gasteiger partial charge in [0, 0.05) is 17.7 Å². The largest absolute Gasteiger partial charge is 0.390 e. The molecule has 8 heteroatoms. The van der Waals surface area contributed by atoms with Crippen LogP contribution in [0.4, 0.5) is 4.39 Å². The van der Waals surface area contributed by atoms with Gasteiger partial charge in [0.25, 0.3) is 0 Å². The van der Waals surface area contributed by atoms with Crippen LogP contribution < -0.4 is 0 Å². The Bertz CT molecular complexity index is 476. The summed E-state index contributed by atoms with van der Waals surface area (Å²) >= 11 is 0. The number of azide groups is 1. The van der Waals surface area contributed by atoms with Gasteiger partial charge in [-0.15, -0.1) is 0 Å². The highest BCUT2D eigenvalue weighted by Gasteiger charge is 2.22. The Morgan fingerprint density at radius 3 is 2.94 bits per heavy atom. The fourth-order valence-corrected chi connectivity index (χ4v) is 1.44. The lowest BCUT2D eigenvalue weighted by Gasteiger charge is -2.18. The summed E-state index contributed by atoms with van der Waals surface area (Å²) in [6.45, 7) is -0.0152. The van der Waals surface area contributed by atoms with Crippen molar-refractivity contribution in [3.63, 3.8) is 0 Å². The second kappa shape index (κ2) is 6.65. The monoisotopic (exact) mass is 254 g/mol. The number of carbonyl (C=O) groups is 1. The number of pyridine rings is 1. The molecule has 0 saturated heterocycles. The highest BCUT2D eigenvalue weighted by molar-refractivity contribution is 5.77. The van der Waals surface area contributed by atoms with Crippen molar-refractivity contribution in [1.82, 2.24) is 4.98 Å². The Labute approximate surface area is 102 Å². The molecule has 0 bridgehead atoms. The maximum Gasteiger partial charge on any atom is 0.223 e. The summed E-state index contributed by atoms with van der Waals surface area (Å²) < 4.78 is 13.2. The fraction of sp³-hybridized carbons (Fsp3) is 0.400. The van der Waals surface area contributed by atoms with E-state index in [2.05, 4.69) is 15.0 Å². The van der Waals surface area contributed by atoms with E-state index in [0.717, 1.165) is 6.20 Å². The SMILES string of the molecule is [N-]=[N+]=NCCC(O)C(O)c1ccnc(F)c1C=O. The molecular weight excluding hydrogens is 243 g/mol. The molecule has 0 fully saturated rings. The van der Waals surface area contributed by atoms with Crippen molar-refractivity contribution in [3.05, 3.63) is 39.8 Å². The number of hydrogen-bond donors (Lipinski definition) is 2. The Morgan fingerprint density at radius 1 is 1.61 bits per heavy atom. The van der Waals surface area contributed by atoms with Crippen LogP contribution >= 0.6 is 0 Å². The molecule has 18 heavy (non-hydrogen) atoms. The molecule has 1 aromatic rings. The van der Waals surface area contributed by atoms with Crippen molar-refractivity contribution in [2.45, 2.75) is 18.6 Å². The molecule has 2 unspecified atom stereocenters. The molecular formula is C10H11FN4O3. The molecule has 2 atom stereocenters. The first-order chi connectivity index (χ1) is 8.61. The molecule has 1 heterocycles. The Kier molecular flexibility index (Phi) is 5.19. The molecule has 0 spiro atoms. The Hall–Kier alpha value is -2.02. The van der Waals surface area contributed by atoms with Crippen LogP contribution in [0.5, 0.6) is 0 Å². The number of halogens is 1. The van der Waals surface area contributed by atoms with Crippen molar-refractivity contribution in [2.24, 2.45) is 5.11 Å². The molecule has 0 aromatic carbocycles. The lowest BCUT2D eigenvalue weighted by molar-refractivity contribution is 0.0144. The van der Waals surface area contributed by atoms with Crippen molar-refractivity contribution in [1.29, 1.82) is 0 Å². The molecule has 1 rings (SSSR count). The Balaban J connectivity index is 2.89. The van der Waals surface area contributed by atoms with Gasteiger partial charge in [-0.1, -0.05) is 5.11 Å². The lowest BCUT2D eigenvalue weighted by Crippen LogP contribution is -2.21. The van der Waals surface area contributed by atoms with Gasteiger partial charge in [-0.3, -0.25) is 4.79 Å². The predicted octanol–water partition coefficient (Wildman–Crippen LogP) is 1.13. The third-order valence-electron chi connectivity index (χ3n) is 2.36. The number of rotatable bonds is 6. The molecule has 0 aliphatic carbocycles. The van der Waals surface area contributed by atoms with E-state index in [9.17, 15) is 19.4 Å². The third kappa shape index (κ3) is 3.24. The molecule has 0 aliphatic heterocycles. The maximum atomic E-state index is 13.2. The first-order valence-corrected chi connectivity index (χ1v) is 5.08. The minimum Gasteiger partial charge on any atom is -0.390 e. The quantitative estimate of drug-likeness (QED) is 0.260. The molecule has 96 valence electrons. The molecule has 7 nitrogen and oxygen atoms in total. The topological polar surface area (TPSA) is 119 Å². The van der Waals surface area contributed by atoms with Crippen LogP contribution in [-0.4, -0.2) is 34.1 Å². The van der Waals surface area contributed by atoms with E-state index in [1.807, 2.05) is 0 Å². The standard InChI is InChI=1S/C10H11FN4O3/c11-10-7(5-16)6(1-3-13-10)9(18)8(17)2-4-14-15-12/h1,3,5,8-9,17-18H,2,4H2. The summed E-state index contributed by atoms with van der Waals surface area (Å²) in [6.07, 6.45) is -1.41. The van der Waals surface area contributed by atoms with Crippen LogP contribution in [0.15, 0.2) is 17.4 Å². The van der Waals surface area contributed by atoms with Gasteiger partial charge in [-0.25, -0.2) is 4.98 Å². The number of aliphatic hydroxyl groups is 2. The number of aldehydes is 1. The average Bonchev–Trinajstić information content (AvgIpc) is 2.37. The molecule has 2 N–H and O–H groups in total. The maximum absolute atomic E-state index is 13.2. The van der Waals surface area contributed by atoms with Crippen LogP contribution in [0, 0.1) is 5.95 Å². The zero-order valence-corrected chi connectivity index (χ0v) is 9.27. The molecule has 0 amide bonds. The van der Waals surface area contributed by atoms with Crippen LogP contribution in [0.3, 0.4) is 0 Å². The number of carbonyl (C=O) groups excluding carboxylic acids is 1. The normalized spacial score (nSPS) is 13.5. The molecule has 1 aromatic heterocycles. The van der Waals surface area contributed by atoms with Crippen molar-refractivity contribution < 1.29 is 19.4 Å². The number of aromatic nitrogens is 1. The summed E-state index contributed by atoms with van der Waals surface area (Å²) in [4.78, 5) is 16.5. The minimum absolute atomic E-state index is 0.00648. The van der Waals surface area contributed by atoms with Gasteiger partial charge < -0.3 is 10.2 Å². The van der Waals surface area contributed by atoms with E-state index < -0.39 is 23.7 Å². The van der Waals surface area contributed by atoms with Gasteiger partial charge in [0.05, 0.1) is 11.7 Å². The van der Waals surface area contributed by atoms with Crippen LogP contribution in [-0.2, 0) is 0 Å². The number of aliphatic hydroxyl groups excluding tert-OH is 2. The lowest BCUT2D eigenvalue weighted by atomic mass is 9.99. The molecule has 0 saturated carbocycles. The second-order valence-electron chi connectivity index (χ2n) is 3.48. The smallest absolute Gasteiger partial charge is 0.223 e. The first-order valence-electron chi connectivity index (χ1n) is 5.08. The van der Waals surface area contributed by atoms with Gasteiger partial charge >= 0.3 is 0 Å². The predicted molar refractivity (Wildman–Crippen MR) is 59.2 cm³/mol. The minimum atomic E-state index is -1.45. The fourth-order valence-electron chi connectivity index (χ4n) is 1.44. The van der Waals surface area contributed by atoms with Gasteiger partial charge in [0.15, 0.2) is 6.29 Å². The summed E-state index contributed by atoms with van der Waals surface area (Å²) in [6, 6.07) is 1.24. The summed E-state index contributed by atoms with van der Waals surface area (Å²) in [5.41, 5.74) is 7.62. The van der Waals surface area contributed by atoms with Gasteiger partial charge in [0.1, 0.15) is 6.10 Å². The number of nitrogens with zero attached hydrogens (tertiary/aromatic N) is 4. The summed E-state index contributed by atoms with van der Waals surface area (Å²) in [7, 11) is 0. The third-order valence-corrected chi connectivity index (χ3v) is 2.36. The van der Waals surface area contributed by atoms with Gasteiger partial charge in [-0.2, -0.15) is 4.39 Å². The van der Waals surface area contributed by atoms with Crippen molar-refractivity contribution >= 4 is 6.29 Å². The average molecular weight is 254 g/mol. The van der Waals surface area contributed by atoms with Gasteiger partial charge in [0.2, 0.25) is 5.95 Å². The van der Waals surface area contributed by atoms with E-state index in [1.165, 1.54) is 6.07 Å². The highest BCUT2D eigenvalue weighted by atomic mass is 19.1. The second-order valence-corrected chi connectivity index (χ2v) is 3.48. The van der Waals surface area contributed by atoms with E-state index in [1.54, 1.807) is 0 Å². The van der Waals surface area contributed by atoms with E-state index in [-0.39, 0.29) is 24.8 Å². The zero-order valence-electron chi connectivity index (χ0n) is 9.27. The number of hydrogen-bond acceptors (Lipinski definition) is 5. The van der Waals surface area contributed by atoms with Gasteiger partial charge in [-0.05, 0) is 23.6 Å². The molecule has 0 radical (unpaired) electrons. The van der Waals surface area contributed by atoms with Crippen molar-refractivity contribution in [3.8, 4) is 0 Å². The highest BCUT2D eigenvalue weighted by Crippen LogP contribution is 2.22. The van der Waals surface area contributed by atoms with Crippen molar-refractivity contribution in [2.75, 3.05) is 6.54 Å². The zero-order chi connectivity index (χ0) is 13.5. The molecule has 0 aliphatic rings. The summed E-state index contributed by atoms with van der Waals surface area (Å²) in [5, 5.41) is 22.6. The van der Waals surface area contributed by atoms with Crippen LogP contribution in [0.25, 0.3) is 10.4 Å². The Morgan fingerprint density at radius 2 is 2.33 bits per heavy atom. The van der Waals surface area contributed by atoms with Crippen LogP contribution in [0.1, 0.15) is 28.4 Å². The van der Waals surface area contributed by atoms with E-state index in [0.29, 0.717) is 0 Å². The summed E-state index contributed by atoms with van der Waals surface area (Å²) in [5.74, 6) is -1.01. The first kappa shape index (κ1) is 14.0. The van der Waals surface area contributed by atoms with E-state index in [4.69, 9.17) is 5.53 Å².